The molecule has 0 spiro atoms. The minimum Gasteiger partial charge on any atom is -0.464 e. The molecule has 3 heterocycles. The van der Waals surface area contributed by atoms with Crippen LogP contribution < -0.4 is 21.3 Å². The van der Waals surface area contributed by atoms with Crippen molar-refractivity contribution in [3.05, 3.63) is 35.4 Å². The Kier molecular flexibility index (Phi) is 8.98. The van der Waals surface area contributed by atoms with Crippen LogP contribution in [0.25, 0.3) is 0 Å². The van der Waals surface area contributed by atoms with Gasteiger partial charge in [-0.15, -0.1) is 0 Å². The fourth-order valence-electron chi connectivity index (χ4n) is 5.35. The summed E-state index contributed by atoms with van der Waals surface area (Å²) in [5, 5.41) is 11.4. The van der Waals surface area contributed by atoms with Crippen LogP contribution >= 0.6 is 0 Å². The van der Waals surface area contributed by atoms with Crippen LogP contribution in [0.5, 0.6) is 0 Å². The van der Waals surface area contributed by atoms with Crippen LogP contribution in [0, 0.1) is 0 Å². The predicted octanol–water partition coefficient (Wildman–Crippen LogP) is 0.374. The first-order valence-corrected chi connectivity index (χ1v) is 13.4. The van der Waals surface area contributed by atoms with Crippen LogP contribution in [0.3, 0.4) is 0 Å². The van der Waals surface area contributed by atoms with E-state index in [4.69, 9.17) is 4.74 Å². The van der Waals surface area contributed by atoms with E-state index in [0.29, 0.717) is 31.4 Å². The summed E-state index contributed by atoms with van der Waals surface area (Å²) < 4.78 is 4.89. The predicted molar refractivity (Wildman–Crippen MR) is 138 cm³/mol. The highest BCUT2D eigenvalue weighted by molar-refractivity contribution is 5.97. The molecule has 3 aliphatic heterocycles. The second-order valence-corrected chi connectivity index (χ2v) is 10.2. The minimum absolute atomic E-state index is 0.0195. The lowest BCUT2D eigenvalue weighted by atomic mass is 9.98. The molecule has 206 valence electrons. The fourth-order valence-corrected chi connectivity index (χ4v) is 5.35. The first-order valence-electron chi connectivity index (χ1n) is 13.4. The van der Waals surface area contributed by atoms with Gasteiger partial charge in [-0.05, 0) is 57.4 Å². The summed E-state index contributed by atoms with van der Waals surface area (Å²) in [6, 6.07) is 4.48. The van der Waals surface area contributed by atoms with Crippen molar-refractivity contribution in [3.63, 3.8) is 0 Å². The molecular formula is C27H37N5O6. The Morgan fingerprint density at radius 2 is 1.82 bits per heavy atom. The van der Waals surface area contributed by atoms with Crippen molar-refractivity contribution in [1.82, 2.24) is 26.2 Å². The molecule has 0 bridgehead atoms. The van der Waals surface area contributed by atoms with E-state index in [1.807, 2.05) is 0 Å². The number of likely N-dealkylation sites (N-methyl/N-ethyl adjacent to an activating group) is 1. The molecule has 0 unspecified atom stereocenters. The summed E-state index contributed by atoms with van der Waals surface area (Å²) >= 11 is 0. The van der Waals surface area contributed by atoms with Crippen LogP contribution in [0.4, 0.5) is 0 Å². The number of fused-ring (bicyclic) bond motifs is 1. The Morgan fingerprint density at radius 3 is 2.55 bits per heavy atom. The van der Waals surface area contributed by atoms with E-state index >= 15 is 0 Å². The summed E-state index contributed by atoms with van der Waals surface area (Å²) in [7, 11) is 1.69. The summed E-state index contributed by atoms with van der Waals surface area (Å²) in [6.45, 7) is 2.22. The molecule has 4 N–H and O–H groups in total. The number of amides is 4. The maximum absolute atomic E-state index is 13.5. The van der Waals surface area contributed by atoms with Crippen LogP contribution in [0.1, 0.15) is 67.8 Å². The fraction of sp³-hybridized carbons (Fsp3) is 0.593. The Balaban J connectivity index is 1.38. The summed E-state index contributed by atoms with van der Waals surface area (Å²) in [6.07, 6.45) is 4.92. The summed E-state index contributed by atoms with van der Waals surface area (Å²) in [5.41, 5.74) is 1.10. The van der Waals surface area contributed by atoms with Crippen LogP contribution in [-0.2, 0) is 30.5 Å². The van der Waals surface area contributed by atoms with Crippen molar-refractivity contribution in [3.8, 4) is 0 Å². The van der Waals surface area contributed by atoms with E-state index in [-0.39, 0.29) is 36.2 Å². The number of esters is 1. The molecular weight excluding hydrogens is 490 g/mol. The second-order valence-electron chi connectivity index (χ2n) is 10.2. The average molecular weight is 528 g/mol. The number of carbonyl (C=O) groups is 5. The van der Waals surface area contributed by atoms with Crippen molar-refractivity contribution in [1.29, 1.82) is 0 Å². The molecule has 3 saturated heterocycles. The number of cyclic esters (lactones) is 1. The van der Waals surface area contributed by atoms with E-state index in [1.54, 1.807) is 43.1 Å². The van der Waals surface area contributed by atoms with Gasteiger partial charge in [0.2, 0.25) is 17.7 Å². The van der Waals surface area contributed by atoms with Gasteiger partial charge < -0.3 is 30.9 Å². The van der Waals surface area contributed by atoms with E-state index in [9.17, 15) is 24.0 Å². The van der Waals surface area contributed by atoms with Crippen molar-refractivity contribution >= 4 is 29.6 Å². The maximum Gasteiger partial charge on any atom is 0.328 e. The monoisotopic (exact) mass is 527 g/mol. The number of ether oxygens (including phenoxy) is 1. The van der Waals surface area contributed by atoms with Gasteiger partial charge in [0.15, 0.2) is 0 Å². The number of hydrogen-bond acceptors (Lipinski definition) is 7. The lowest BCUT2D eigenvalue weighted by molar-refractivity contribution is -0.144. The van der Waals surface area contributed by atoms with Crippen molar-refractivity contribution in [2.24, 2.45) is 0 Å². The molecule has 38 heavy (non-hydrogen) atoms. The molecule has 0 saturated carbocycles. The summed E-state index contributed by atoms with van der Waals surface area (Å²) in [5.74, 6) is -1.51. The molecule has 1 aromatic rings. The average Bonchev–Trinajstić information content (AvgIpc) is 3.52. The quantitative estimate of drug-likeness (QED) is 0.358. The molecule has 3 fully saturated rings. The maximum atomic E-state index is 13.5. The lowest BCUT2D eigenvalue weighted by Crippen LogP contribution is -2.57. The SMILES string of the molecule is CN[C@@H](C)C(=O)N[C@H]1CCCC[C@H]2CC[C@@H](C(=O)NCc3cccc(C(=O)N[C@@H]4CCOC4=O)c3)N2C1=O. The topological polar surface area (TPSA) is 146 Å². The third kappa shape index (κ3) is 6.32. The van der Waals surface area contributed by atoms with Gasteiger partial charge >= 0.3 is 5.97 Å². The minimum atomic E-state index is -0.651. The number of carbonyl (C=O) groups excluding carboxylic acids is 5. The van der Waals surface area contributed by atoms with Gasteiger partial charge in [0, 0.05) is 24.6 Å². The number of hydrogen-bond donors (Lipinski definition) is 4. The number of nitrogens with zero attached hydrogens (tertiary/aromatic N) is 1. The largest absolute Gasteiger partial charge is 0.464 e. The van der Waals surface area contributed by atoms with Gasteiger partial charge in [-0.2, -0.15) is 0 Å². The van der Waals surface area contributed by atoms with Gasteiger partial charge in [0.1, 0.15) is 18.1 Å². The molecule has 4 amide bonds. The van der Waals surface area contributed by atoms with Crippen molar-refractivity contribution < 1.29 is 28.7 Å². The highest BCUT2D eigenvalue weighted by atomic mass is 16.5. The van der Waals surface area contributed by atoms with Crippen molar-refractivity contribution in [2.75, 3.05) is 13.7 Å². The standard InChI is InChI=1S/C27H37N5O6/c1-16(28-2)23(33)30-20-9-4-3-8-19-10-11-22(32(19)26(20)36)25(35)29-15-17-6-5-7-18(14-17)24(34)31-21-12-13-38-27(21)37/h5-7,14,16,19-22,28H,3-4,8-13,15H2,1-2H3,(H,29,35)(H,30,33)(H,31,34)/t16-,19-,20-,21+,22-/m0/s1. The van der Waals surface area contributed by atoms with Gasteiger partial charge in [0.05, 0.1) is 12.6 Å². The van der Waals surface area contributed by atoms with Gasteiger partial charge in [0.25, 0.3) is 5.91 Å². The number of rotatable bonds is 8. The van der Waals surface area contributed by atoms with Crippen LogP contribution in [0.2, 0.25) is 0 Å². The first kappa shape index (κ1) is 27.6. The smallest absolute Gasteiger partial charge is 0.328 e. The van der Waals surface area contributed by atoms with E-state index in [0.717, 1.165) is 31.2 Å². The molecule has 4 rings (SSSR count). The Hall–Kier alpha value is -3.47. The summed E-state index contributed by atoms with van der Waals surface area (Å²) in [4.78, 5) is 65.2. The van der Waals surface area contributed by atoms with Crippen LogP contribution in [-0.4, -0.2) is 78.4 Å². The molecule has 11 heteroatoms. The number of benzene rings is 1. The lowest BCUT2D eigenvalue weighted by Gasteiger charge is -2.35. The first-order chi connectivity index (χ1) is 18.3. The Labute approximate surface area is 222 Å². The number of nitrogens with one attached hydrogen (secondary N) is 4. The molecule has 1 aromatic carbocycles. The Bertz CT molecular complexity index is 1080. The molecule has 11 nitrogen and oxygen atoms in total. The zero-order valence-corrected chi connectivity index (χ0v) is 22.0. The van der Waals surface area contributed by atoms with E-state index < -0.39 is 30.1 Å². The molecule has 3 aliphatic rings. The molecule has 0 aliphatic carbocycles. The van der Waals surface area contributed by atoms with Gasteiger partial charge in [-0.3, -0.25) is 19.2 Å². The third-order valence-electron chi connectivity index (χ3n) is 7.68. The normalized spacial score (nSPS) is 26.0. The zero-order chi connectivity index (χ0) is 27.2. The van der Waals surface area contributed by atoms with Crippen LogP contribution in [0.15, 0.2) is 24.3 Å². The molecule has 0 radical (unpaired) electrons. The van der Waals surface area contributed by atoms with Gasteiger partial charge in [-0.25, -0.2) is 4.79 Å². The highest BCUT2D eigenvalue weighted by Crippen LogP contribution is 2.31. The zero-order valence-electron chi connectivity index (χ0n) is 22.0. The Morgan fingerprint density at radius 1 is 1.03 bits per heavy atom. The second kappa shape index (κ2) is 12.4. The van der Waals surface area contributed by atoms with Gasteiger partial charge in [-0.1, -0.05) is 25.0 Å². The van der Waals surface area contributed by atoms with Crippen molar-refractivity contribution in [2.45, 2.75) is 88.6 Å². The molecule has 0 aromatic heterocycles. The third-order valence-corrected chi connectivity index (χ3v) is 7.68. The van der Waals surface area contributed by atoms with E-state index in [2.05, 4.69) is 21.3 Å². The van der Waals surface area contributed by atoms with E-state index in [1.165, 1.54) is 0 Å². The molecule has 5 atom stereocenters. The highest BCUT2D eigenvalue weighted by Gasteiger charge is 2.43.